The van der Waals surface area contributed by atoms with Gasteiger partial charge in [-0.05, 0) is 54.3 Å². The highest BCUT2D eigenvalue weighted by molar-refractivity contribution is 7.13. The molecule has 2 unspecified atom stereocenters. The third-order valence-corrected chi connectivity index (χ3v) is 5.70. The van der Waals surface area contributed by atoms with E-state index in [1.54, 1.807) is 17.5 Å². The van der Waals surface area contributed by atoms with Crippen molar-refractivity contribution in [1.82, 2.24) is 4.98 Å². The Kier molecular flexibility index (Phi) is 5.93. The van der Waals surface area contributed by atoms with Crippen LogP contribution in [0.1, 0.15) is 25.3 Å². The molecule has 0 bridgehead atoms. The van der Waals surface area contributed by atoms with Crippen molar-refractivity contribution in [2.45, 2.75) is 37.2 Å². The quantitative estimate of drug-likeness (QED) is 0.672. The molecule has 132 valence electrons. The van der Waals surface area contributed by atoms with Gasteiger partial charge in [-0.2, -0.15) is 11.3 Å². The summed E-state index contributed by atoms with van der Waals surface area (Å²) in [6.07, 6.45) is 9.34. The molecule has 2 aromatic heterocycles. The van der Waals surface area contributed by atoms with E-state index in [9.17, 15) is 4.79 Å². The standard InChI is InChI=1S/C18H19ClN2O2S2/c1-18(8-6-13-7-10-24-12-13,16(22)21-17-20-9-11-25-17)23-15-4-2-14(19)3-5-15/h2,4-5,7,9-12,14H,3,6,8H2,1H3,(H,20,21,22). The summed E-state index contributed by atoms with van der Waals surface area (Å²) in [5, 5.41) is 9.37. The third kappa shape index (κ3) is 4.93. The van der Waals surface area contributed by atoms with Crippen LogP contribution in [-0.2, 0) is 16.0 Å². The van der Waals surface area contributed by atoms with Gasteiger partial charge in [0, 0.05) is 18.0 Å². The fourth-order valence-electron chi connectivity index (χ4n) is 2.45. The predicted octanol–water partition coefficient (Wildman–Crippen LogP) is 5.00. The second-order valence-corrected chi connectivity index (χ2v) is 8.21. The van der Waals surface area contributed by atoms with Gasteiger partial charge in [0.1, 0.15) is 5.76 Å². The number of aromatic nitrogens is 1. The van der Waals surface area contributed by atoms with Crippen LogP contribution in [0.5, 0.6) is 0 Å². The zero-order valence-corrected chi connectivity index (χ0v) is 16.2. The molecule has 4 nitrogen and oxygen atoms in total. The van der Waals surface area contributed by atoms with Crippen LogP contribution in [-0.4, -0.2) is 21.9 Å². The van der Waals surface area contributed by atoms with Gasteiger partial charge >= 0.3 is 0 Å². The molecule has 0 saturated heterocycles. The molecule has 1 N–H and O–H groups in total. The van der Waals surface area contributed by atoms with Gasteiger partial charge in [-0.1, -0.05) is 6.08 Å². The third-order valence-electron chi connectivity index (χ3n) is 3.96. The molecule has 0 aliphatic heterocycles. The lowest BCUT2D eigenvalue weighted by Crippen LogP contribution is -2.43. The summed E-state index contributed by atoms with van der Waals surface area (Å²) in [6, 6.07) is 2.07. The van der Waals surface area contributed by atoms with E-state index in [2.05, 4.69) is 21.7 Å². The minimum absolute atomic E-state index is 0.0199. The average Bonchev–Trinajstić information content (AvgIpc) is 3.29. The van der Waals surface area contributed by atoms with E-state index in [4.69, 9.17) is 16.3 Å². The molecular formula is C18H19ClN2O2S2. The molecule has 1 aliphatic carbocycles. The minimum atomic E-state index is -0.997. The van der Waals surface area contributed by atoms with Crippen LogP contribution in [0, 0.1) is 0 Å². The second kappa shape index (κ2) is 8.17. The van der Waals surface area contributed by atoms with Crippen molar-refractivity contribution in [3.05, 3.63) is 58.0 Å². The number of aryl methyl sites for hydroxylation is 1. The van der Waals surface area contributed by atoms with Crippen LogP contribution in [0.4, 0.5) is 5.13 Å². The van der Waals surface area contributed by atoms with Gasteiger partial charge in [-0.15, -0.1) is 22.9 Å². The Morgan fingerprint density at radius 2 is 2.40 bits per heavy atom. The van der Waals surface area contributed by atoms with Gasteiger partial charge in [0.05, 0.1) is 5.38 Å². The van der Waals surface area contributed by atoms with E-state index in [0.29, 0.717) is 23.7 Å². The molecule has 0 saturated carbocycles. The smallest absolute Gasteiger partial charge is 0.270 e. The Morgan fingerprint density at radius 1 is 1.52 bits per heavy atom. The predicted molar refractivity (Wildman–Crippen MR) is 104 cm³/mol. The maximum absolute atomic E-state index is 12.9. The van der Waals surface area contributed by atoms with Crippen molar-refractivity contribution in [3.63, 3.8) is 0 Å². The second-order valence-electron chi connectivity index (χ2n) is 5.97. The number of nitrogens with zero attached hydrogens (tertiary/aromatic N) is 1. The number of amides is 1. The van der Waals surface area contributed by atoms with Gasteiger partial charge in [-0.3, -0.25) is 10.1 Å². The highest BCUT2D eigenvalue weighted by Crippen LogP contribution is 2.28. The lowest BCUT2D eigenvalue weighted by atomic mass is 9.96. The van der Waals surface area contributed by atoms with Crippen LogP contribution in [0.25, 0.3) is 0 Å². The lowest BCUT2D eigenvalue weighted by Gasteiger charge is -2.30. The number of ether oxygens (including phenoxy) is 1. The van der Waals surface area contributed by atoms with Gasteiger partial charge in [0.15, 0.2) is 10.7 Å². The summed E-state index contributed by atoms with van der Waals surface area (Å²) in [7, 11) is 0. The number of hydrogen-bond acceptors (Lipinski definition) is 5. The van der Waals surface area contributed by atoms with Crippen molar-refractivity contribution in [1.29, 1.82) is 0 Å². The Morgan fingerprint density at radius 3 is 3.04 bits per heavy atom. The molecule has 1 aliphatic rings. The zero-order valence-electron chi connectivity index (χ0n) is 13.8. The van der Waals surface area contributed by atoms with Crippen LogP contribution in [0.2, 0.25) is 0 Å². The first-order valence-electron chi connectivity index (χ1n) is 7.99. The molecule has 2 aromatic rings. The molecule has 25 heavy (non-hydrogen) atoms. The van der Waals surface area contributed by atoms with Gasteiger partial charge in [0.25, 0.3) is 5.91 Å². The van der Waals surface area contributed by atoms with E-state index in [1.807, 2.05) is 35.9 Å². The Hall–Kier alpha value is -1.63. The summed E-state index contributed by atoms with van der Waals surface area (Å²) >= 11 is 9.11. The molecule has 0 spiro atoms. The number of nitrogens with one attached hydrogen (secondary N) is 1. The highest BCUT2D eigenvalue weighted by atomic mass is 35.5. The Labute approximate surface area is 160 Å². The van der Waals surface area contributed by atoms with Crippen molar-refractivity contribution in [3.8, 4) is 0 Å². The maximum atomic E-state index is 12.9. The molecule has 7 heteroatoms. The van der Waals surface area contributed by atoms with E-state index >= 15 is 0 Å². The van der Waals surface area contributed by atoms with Crippen molar-refractivity contribution in [2.75, 3.05) is 5.32 Å². The molecule has 0 aromatic carbocycles. The number of hydrogen-bond donors (Lipinski definition) is 1. The van der Waals surface area contributed by atoms with Gasteiger partial charge < -0.3 is 4.74 Å². The fourth-order valence-corrected chi connectivity index (χ4v) is 3.84. The summed E-state index contributed by atoms with van der Waals surface area (Å²) in [5.41, 5.74) is 0.207. The van der Waals surface area contributed by atoms with Crippen LogP contribution >= 0.6 is 34.3 Å². The molecule has 0 radical (unpaired) electrons. The van der Waals surface area contributed by atoms with Crippen LogP contribution in [0.15, 0.2) is 52.4 Å². The molecule has 1 amide bonds. The number of thiophene rings is 1. The Balaban J connectivity index is 1.74. The number of allylic oxidation sites excluding steroid dienone is 3. The number of anilines is 1. The normalized spacial score (nSPS) is 19.1. The summed E-state index contributed by atoms with van der Waals surface area (Å²) in [6.45, 7) is 1.82. The molecule has 2 heterocycles. The molecular weight excluding hydrogens is 376 g/mol. The van der Waals surface area contributed by atoms with Crippen molar-refractivity contribution < 1.29 is 9.53 Å². The van der Waals surface area contributed by atoms with E-state index in [-0.39, 0.29) is 11.3 Å². The first-order valence-corrected chi connectivity index (χ1v) is 10.2. The maximum Gasteiger partial charge on any atom is 0.270 e. The molecule has 0 fully saturated rings. The van der Waals surface area contributed by atoms with E-state index in [0.717, 1.165) is 6.42 Å². The largest absolute Gasteiger partial charge is 0.478 e. The number of thiazole rings is 1. The minimum Gasteiger partial charge on any atom is -0.478 e. The van der Waals surface area contributed by atoms with E-state index in [1.165, 1.54) is 16.9 Å². The summed E-state index contributed by atoms with van der Waals surface area (Å²) in [4.78, 5) is 17.0. The number of halogens is 1. The van der Waals surface area contributed by atoms with Crippen LogP contribution < -0.4 is 5.32 Å². The highest BCUT2D eigenvalue weighted by Gasteiger charge is 2.36. The number of alkyl halides is 1. The summed E-state index contributed by atoms with van der Waals surface area (Å²) < 4.78 is 6.12. The molecule has 3 rings (SSSR count). The van der Waals surface area contributed by atoms with E-state index < -0.39 is 5.60 Å². The van der Waals surface area contributed by atoms with Gasteiger partial charge in [0.2, 0.25) is 0 Å². The number of carbonyl (C=O) groups excluding carboxylic acids is 1. The number of carbonyl (C=O) groups is 1. The zero-order chi connectivity index (χ0) is 17.7. The Bertz CT molecular complexity index is 756. The first-order chi connectivity index (χ1) is 12.0. The topological polar surface area (TPSA) is 51.2 Å². The lowest BCUT2D eigenvalue weighted by molar-refractivity contribution is -0.134. The summed E-state index contributed by atoms with van der Waals surface area (Å²) in [5.74, 6) is 0.485. The van der Waals surface area contributed by atoms with Crippen molar-refractivity contribution in [2.24, 2.45) is 0 Å². The first kappa shape index (κ1) is 18.2. The van der Waals surface area contributed by atoms with Gasteiger partial charge in [-0.25, -0.2) is 4.98 Å². The SMILES string of the molecule is CC(CCc1ccsc1)(OC1=CCC(Cl)C=C1)C(=O)Nc1nccs1. The monoisotopic (exact) mass is 394 g/mol. The fraction of sp³-hybridized carbons (Fsp3) is 0.333. The average molecular weight is 395 g/mol. The van der Waals surface area contributed by atoms with Crippen LogP contribution in [0.3, 0.4) is 0 Å². The number of rotatable bonds is 7. The van der Waals surface area contributed by atoms with Crippen molar-refractivity contribution >= 4 is 45.3 Å². The molecule has 2 atom stereocenters.